The maximum atomic E-state index is 13.5. The number of thioether (sulfide) groups is 1. The highest BCUT2D eigenvalue weighted by atomic mass is 32.2. The zero-order chi connectivity index (χ0) is 38.2. The largest absolute Gasteiger partial charge is 0.504 e. The molecule has 0 aliphatic carbocycles. The fourth-order valence-corrected chi connectivity index (χ4v) is 9.50. The van der Waals surface area contributed by atoms with E-state index in [0.717, 1.165) is 23.5 Å². The van der Waals surface area contributed by atoms with Crippen molar-refractivity contribution in [3.8, 4) is 11.5 Å². The van der Waals surface area contributed by atoms with Gasteiger partial charge >= 0.3 is 11.9 Å². The van der Waals surface area contributed by atoms with Gasteiger partial charge in [0.15, 0.2) is 22.3 Å². The molecule has 3 aromatic rings. The number of thiazole rings is 1. The van der Waals surface area contributed by atoms with E-state index in [9.17, 15) is 49.2 Å². The zero-order valence-corrected chi connectivity index (χ0v) is 30.0. The number of fused-ring (bicyclic) bond motifs is 4. The molecule has 280 valence electrons. The molecule has 2 atom stereocenters. The Morgan fingerprint density at radius 2 is 1.83 bits per heavy atom. The Morgan fingerprint density at radius 3 is 2.45 bits per heavy atom. The molecule has 2 aromatic heterocycles. The van der Waals surface area contributed by atoms with E-state index in [0.29, 0.717) is 49.1 Å². The predicted molar refractivity (Wildman–Crippen MR) is 189 cm³/mol. The number of carbonyl (C=O) groups is 4. The number of hydrogen-bond donors (Lipinski definition) is 7. The Labute approximate surface area is 306 Å². The van der Waals surface area contributed by atoms with Gasteiger partial charge in [-0.05, 0) is 26.0 Å². The molecule has 21 heteroatoms. The molecule has 4 aliphatic heterocycles. The third kappa shape index (κ3) is 6.16. The first-order valence-electron chi connectivity index (χ1n) is 16.4. The minimum absolute atomic E-state index is 0.00261. The molecule has 3 fully saturated rings. The summed E-state index contributed by atoms with van der Waals surface area (Å²) in [6.45, 7) is 4.98. The van der Waals surface area contributed by atoms with Crippen LogP contribution in [0.15, 0.2) is 43.5 Å². The summed E-state index contributed by atoms with van der Waals surface area (Å²) in [7, 11) is 0. The van der Waals surface area contributed by atoms with Crippen LogP contribution in [-0.4, -0.2) is 123 Å². The number of nitrogens with one attached hydrogen (secondary N) is 2. The van der Waals surface area contributed by atoms with Gasteiger partial charge in [-0.25, -0.2) is 19.3 Å². The molecule has 19 nitrogen and oxygen atoms in total. The summed E-state index contributed by atoms with van der Waals surface area (Å²) in [5, 5.41) is 49.2. The highest BCUT2D eigenvalue weighted by Crippen LogP contribution is 2.49. The summed E-state index contributed by atoms with van der Waals surface area (Å²) < 4.78 is 1.77. The average molecular weight is 772 g/mol. The summed E-state index contributed by atoms with van der Waals surface area (Å²) in [5.74, 6) is -4.93. The minimum Gasteiger partial charge on any atom is -0.504 e. The molecule has 0 radical (unpaired) electrons. The van der Waals surface area contributed by atoms with Gasteiger partial charge in [0.2, 0.25) is 5.60 Å². The number of amides is 2. The van der Waals surface area contributed by atoms with Crippen LogP contribution in [0.1, 0.15) is 32.4 Å². The molecule has 0 saturated carbocycles. The van der Waals surface area contributed by atoms with Crippen molar-refractivity contribution in [1.82, 2.24) is 25.0 Å². The first-order chi connectivity index (χ1) is 24.9. The quantitative estimate of drug-likeness (QED) is 0.0436. The number of aromatic hydroxyl groups is 2. The van der Waals surface area contributed by atoms with Crippen LogP contribution in [0, 0.1) is 5.41 Å². The van der Waals surface area contributed by atoms with E-state index in [4.69, 9.17) is 10.6 Å². The number of aromatic amines is 1. The molecule has 2 amide bonds. The summed E-state index contributed by atoms with van der Waals surface area (Å²) in [6.07, 6.45) is 1.40. The molecule has 4 aliphatic rings. The second-order valence-corrected chi connectivity index (χ2v) is 16.4. The van der Waals surface area contributed by atoms with E-state index in [2.05, 4.69) is 20.6 Å². The van der Waals surface area contributed by atoms with Crippen molar-refractivity contribution in [1.29, 1.82) is 0 Å². The van der Waals surface area contributed by atoms with Gasteiger partial charge < -0.3 is 40.8 Å². The van der Waals surface area contributed by atoms with E-state index in [1.54, 1.807) is 0 Å². The Bertz CT molecular complexity index is 2290. The van der Waals surface area contributed by atoms with E-state index in [1.807, 2.05) is 0 Å². The number of nitrogens with two attached hydrogens (primary N) is 1. The van der Waals surface area contributed by atoms with Crippen LogP contribution in [0.25, 0.3) is 10.8 Å². The fraction of sp³-hybridized carbons (Fsp3) is 0.438. The summed E-state index contributed by atoms with van der Waals surface area (Å²) in [5.41, 5.74) is 2.45. The molecular weight excluding hydrogens is 737 g/mol. The van der Waals surface area contributed by atoms with Gasteiger partial charge in [-0.15, -0.1) is 23.1 Å². The topological polar surface area (TPSA) is 280 Å². The van der Waals surface area contributed by atoms with Gasteiger partial charge in [-0.2, -0.15) is 0 Å². The maximum Gasteiger partial charge on any atom is 0.352 e. The number of aromatic nitrogens is 3. The molecule has 8 N–H and O–H groups in total. The number of piperidine rings is 1. The van der Waals surface area contributed by atoms with Crippen molar-refractivity contribution in [2.45, 2.75) is 50.3 Å². The summed E-state index contributed by atoms with van der Waals surface area (Å²) in [6, 6.07) is 0.997. The van der Waals surface area contributed by atoms with Crippen molar-refractivity contribution >= 4 is 68.5 Å². The molecule has 0 unspecified atom stereocenters. The number of carboxylic acid groups (broad SMARTS) is 2. The first kappa shape index (κ1) is 36.0. The lowest BCUT2D eigenvalue weighted by molar-refractivity contribution is -0.905. The molecule has 6 heterocycles. The standard InChI is InChI=1S/C32H34N8O11S2/c1-31(2,29(49)50)51-37-20(17-11-53-30(33)34-17)24(44)35-21-26(46)39-22(28(47)48)14(10-52-27(21)39)9-40-5-3-32(13-40,4-6-40)12-38-25(45)16-8-19(42)18(41)7-15(16)23(43)36-38/h7-8,11,21,27H,3-6,9-10,12-13H2,1-2H3,(H7-,33,34,35,36,37,41,42,43,44,45,47,48,49,50)/p+1/t21-,27-,32?,40?/m1/s1. The maximum absolute atomic E-state index is 13.5. The predicted octanol–water partition coefficient (Wildman–Crippen LogP) is -0.227. The molecule has 1 aromatic carbocycles. The molecular formula is C32H35N8O11S2+. The van der Waals surface area contributed by atoms with E-state index < -0.39 is 69.1 Å². The second-order valence-electron chi connectivity index (χ2n) is 14.4. The third-order valence-electron chi connectivity index (χ3n) is 10.4. The lowest BCUT2D eigenvalue weighted by atomic mass is 9.84. The van der Waals surface area contributed by atoms with Crippen LogP contribution >= 0.6 is 23.1 Å². The summed E-state index contributed by atoms with van der Waals surface area (Å²) in [4.78, 5) is 87.7. The zero-order valence-electron chi connectivity index (χ0n) is 28.3. The number of carboxylic acids is 2. The van der Waals surface area contributed by atoms with Crippen molar-refractivity contribution in [3.05, 3.63) is 55.2 Å². The van der Waals surface area contributed by atoms with Crippen molar-refractivity contribution in [2.24, 2.45) is 10.6 Å². The number of oxime groups is 1. The van der Waals surface area contributed by atoms with E-state index in [-0.39, 0.29) is 45.0 Å². The molecule has 2 bridgehead atoms. The number of phenols is 2. The Balaban J connectivity index is 1.08. The number of H-pyrrole nitrogens is 1. The number of anilines is 1. The van der Waals surface area contributed by atoms with Crippen LogP contribution in [0.3, 0.4) is 0 Å². The first-order valence-corrected chi connectivity index (χ1v) is 18.3. The molecule has 53 heavy (non-hydrogen) atoms. The number of rotatable bonds is 11. The number of quaternary nitrogens is 1. The summed E-state index contributed by atoms with van der Waals surface area (Å²) >= 11 is 2.30. The van der Waals surface area contributed by atoms with Crippen LogP contribution in [0.2, 0.25) is 0 Å². The number of nitrogens with zero attached hydrogens (tertiary/aromatic N) is 5. The van der Waals surface area contributed by atoms with E-state index >= 15 is 0 Å². The number of β-lactam (4-membered cyclic amide) rings is 1. The Hall–Kier alpha value is -5.41. The van der Waals surface area contributed by atoms with Gasteiger partial charge in [0, 0.05) is 35.0 Å². The third-order valence-corrected chi connectivity index (χ3v) is 12.4. The van der Waals surface area contributed by atoms with Gasteiger partial charge in [-0.1, -0.05) is 5.16 Å². The smallest absolute Gasteiger partial charge is 0.352 e. The van der Waals surface area contributed by atoms with Gasteiger partial charge in [0.05, 0.1) is 37.0 Å². The number of hydrogen-bond acceptors (Lipinski definition) is 14. The van der Waals surface area contributed by atoms with Crippen molar-refractivity contribution in [2.75, 3.05) is 37.7 Å². The van der Waals surface area contributed by atoms with Crippen LogP contribution < -0.4 is 22.2 Å². The Kier molecular flexibility index (Phi) is 8.57. The average Bonchev–Trinajstić information content (AvgIpc) is 3.79. The van der Waals surface area contributed by atoms with Crippen molar-refractivity contribution in [3.63, 3.8) is 0 Å². The normalized spacial score (nSPS) is 25.4. The lowest BCUT2D eigenvalue weighted by Gasteiger charge is -2.50. The van der Waals surface area contributed by atoms with Crippen LogP contribution in [0.4, 0.5) is 5.13 Å². The SMILES string of the molecule is CC(C)(O/N=C(\C(=O)N[C@@H]1C(=O)N2C(C(=O)O)=C(C[N+]34CCC(Cn5[nH]c(=O)c6cc(O)c(O)cc6c5=O)(CC3)C4)CS[C@H]12)c1csc(N)n1)C(=O)O. The minimum atomic E-state index is -1.80. The number of aliphatic carboxylic acids is 2. The number of carbonyl (C=O) groups excluding carboxylic acids is 2. The number of phenolic OH excluding ortho intramolecular Hbond substituents is 2. The Morgan fingerprint density at radius 1 is 1.15 bits per heavy atom. The second kappa shape index (κ2) is 12.6. The number of benzene rings is 1. The van der Waals surface area contributed by atoms with Gasteiger partial charge in [-0.3, -0.25) is 29.2 Å². The number of nitrogen functional groups attached to an aromatic ring is 1. The highest BCUT2D eigenvalue weighted by Gasteiger charge is 2.59. The molecule has 7 rings (SSSR count). The molecule has 3 saturated heterocycles. The van der Waals surface area contributed by atoms with Gasteiger partial charge in [0.25, 0.3) is 22.9 Å². The van der Waals surface area contributed by atoms with Crippen LogP contribution in [0.5, 0.6) is 11.5 Å². The highest BCUT2D eigenvalue weighted by molar-refractivity contribution is 8.00. The monoisotopic (exact) mass is 771 g/mol. The van der Waals surface area contributed by atoms with Crippen molar-refractivity contribution < 1.29 is 48.9 Å². The van der Waals surface area contributed by atoms with E-state index in [1.165, 1.54) is 40.6 Å². The van der Waals surface area contributed by atoms with Crippen LogP contribution in [-0.2, 0) is 30.6 Å². The fourth-order valence-electron chi connectivity index (χ4n) is 7.62. The lowest BCUT2D eigenvalue weighted by Crippen LogP contribution is -2.71. The molecule has 0 spiro atoms. The van der Waals surface area contributed by atoms with Gasteiger partial charge in [0.1, 0.15) is 29.4 Å².